The average molecular weight is 425 g/mol. The Hall–Kier alpha value is -1.05. The van der Waals surface area contributed by atoms with Gasteiger partial charge in [-0.15, -0.1) is 0 Å². The van der Waals surface area contributed by atoms with Crippen LogP contribution in [0.3, 0.4) is 0 Å². The molecule has 0 N–H and O–H groups in total. The summed E-state index contributed by atoms with van der Waals surface area (Å²) in [6, 6.07) is 8.23. The highest BCUT2D eigenvalue weighted by molar-refractivity contribution is 8.24. The fraction of sp³-hybridized carbons (Fsp3) is 0.550. The normalized spacial score (nSPS) is 19.2. The number of nitrogens with zero attached hydrogens (tertiary/aromatic N) is 2. The molecule has 0 saturated carbocycles. The number of hydrogen-bond acceptors (Lipinski definition) is 6. The van der Waals surface area contributed by atoms with E-state index >= 15 is 0 Å². The van der Waals surface area contributed by atoms with Gasteiger partial charge in [-0.25, -0.2) is 4.99 Å². The van der Waals surface area contributed by atoms with Crippen LogP contribution in [0.4, 0.5) is 5.69 Å². The Balaban J connectivity index is 2.33. The zero-order chi connectivity index (χ0) is 20.2. The van der Waals surface area contributed by atoms with Crippen LogP contribution in [0.15, 0.2) is 29.3 Å². The molecular weight excluding hydrogens is 396 g/mol. The maximum atomic E-state index is 11.8. The maximum absolute atomic E-state index is 11.8. The Kier molecular flexibility index (Phi) is 7.77. The molecule has 1 aromatic carbocycles. The van der Waals surface area contributed by atoms with Crippen molar-refractivity contribution in [1.82, 2.24) is 4.90 Å². The molecule has 0 spiro atoms. The van der Waals surface area contributed by atoms with Gasteiger partial charge in [-0.1, -0.05) is 81.6 Å². The second kappa shape index (κ2) is 9.43. The molecule has 1 aliphatic rings. The van der Waals surface area contributed by atoms with Crippen molar-refractivity contribution in [2.45, 2.75) is 45.8 Å². The van der Waals surface area contributed by atoms with E-state index in [0.717, 1.165) is 23.2 Å². The first kappa shape index (κ1) is 22.2. The third-order valence-electron chi connectivity index (χ3n) is 4.22. The van der Waals surface area contributed by atoms with Crippen LogP contribution < -0.4 is 0 Å². The predicted molar refractivity (Wildman–Crippen MR) is 122 cm³/mol. The van der Waals surface area contributed by atoms with Crippen LogP contribution in [0.5, 0.6) is 0 Å². The van der Waals surface area contributed by atoms with Crippen molar-refractivity contribution in [3.63, 3.8) is 0 Å². The van der Waals surface area contributed by atoms with Gasteiger partial charge in [-0.2, -0.15) is 0 Å². The fourth-order valence-electron chi connectivity index (χ4n) is 2.72. The van der Waals surface area contributed by atoms with Crippen molar-refractivity contribution < 1.29 is 9.53 Å². The molecule has 0 amide bonds. The number of thioether (sulfide) groups is 2. The zero-order valence-corrected chi connectivity index (χ0v) is 19.3. The number of hydrogen-bond donors (Lipinski definition) is 0. The van der Waals surface area contributed by atoms with Gasteiger partial charge >= 0.3 is 5.97 Å². The molecule has 148 valence electrons. The van der Waals surface area contributed by atoms with Crippen molar-refractivity contribution >= 4 is 56.9 Å². The lowest BCUT2D eigenvalue weighted by Gasteiger charge is -2.39. The molecule has 1 fully saturated rings. The van der Waals surface area contributed by atoms with Gasteiger partial charge in [0.05, 0.1) is 12.8 Å². The molecule has 7 heteroatoms. The van der Waals surface area contributed by atoms with Gasteiger partial charge in [0.1, 0.15) is 9.57 Å². The lowest BCUT2D eigenvalue weighted by atomic mass is 9.96. The van der Waals surface area contributed by atoms with E-state index in [-0.39, 0.29) is 16.6 Å². The molecule has 27 heavy (non-hydrogen) atoms. The SMILES string of the molecule is COC(=O)C(C)SC(=S)N1CC(C)(C)CSC1=Nc1ccccc1C(C)C. The van der Waals surface area contributed by atoms with E-state index in [2.05, 4.69) is 38.7 Å². The van der Waals surface area contributed by atoms with E-state index in [0.29, 0.717) is 10.2 Å². The average Bonchev–Trinajstić information content (AvgIpc) is 2.62. The molecule has 1 aliphatic heterocycles. The van der Waals surface area contributed by atoms with E-state index in [1.807, 2.05) is 25.1 Å². The number of carbonyl (C=O) groups is 1. The first-order valence-corrected chi connectivity index (χ1v) is 11.3. The molecule has 4 nitrogen and oxygen atoms in total. The highest BCUT2D eigenvalue weighted by Gasteiger charge is 2.34. The Morgan fingerprint density at radius 2 is 2.00 bits per heavy atom. The Morgan fingerprint density at radius 3 is 2.63 bits per heavy atom. The number of ether oxygens (including phenoxy) is 1. The summed E-state index contributed by atoms with van der Waals surface area (Å²) in [6.45, 7) is 11.4. The highest BCUT2D eigenvalue weighted by Crippen LogP contribution is 2.36. The summed E-state index contributed by atoms with van der Waals surface area (Å²) in [7, 11) is 1.40. The number of thiocarbonyl (C=S) groups is 1. The topological polar surface area (TPSA) is 41.9 Å². The molecule has 1 heterocycles. The number of rotatable bonds is 4. The van der Waals surface area contributed by atoms with Gasteiger partial charge in [0, 0.05) is 12.3 Å². The molecule has 1 atom stereocenters. The minimum Gasteiger partial charge on any atom is -0.468 e. The van der Waals surface area contributed by atoms with Crippen molar-refractivity contribution in [1.29, 1.82) is 0 Å². The summed E-state index contributed by atoms with van der Waals surface area (Å²) < 4.78 is 5.49. The van der Waals surface area contributed by atoms with Crippen LogP contribution in [-0.4, -0.2) is 45.0 Å². The molecule has 1 unspecified atom stereocenters. The predicted octanol–water partition coefficient (Wildman–Crippen LogP) is 5.45. The Labute approximate surface area is 176 Å². The van der Waals surface area contributed by atoms with Crippen LogP contribution in [0, 0.1) is 5.41 Å². The maximum Gasteiger partial charge on any atom is 0.318 e. The number of para-hydroxylation sites is 1. The van der Waals surface area contributed by atoms with E-state index in [9.17, 15) is 4.79 Å². The number of amidine groups is 1. The summed E-state index contributed by atoms with van der Waals surface area (Å²) in [6.07, 6.45) is 0. The quantitative estimate of drug-likeness (QED) is 0.473. The summed E-state index contributed by atoms with van der Waals surface area (Å²) in [5.74, 6) is 1.10. The van der Waals surface area contributed by atoms with Crippen LogP contribution in [0.25, 0.3) is 0 Å². The van der Waals surface area contributed by atoms with E-state index < -0.39 is 0 Å². The molecule has 0 radical (unpaired) electrons. The molecule has 2 rings (SSSR count). The molecule has 1 saturated heterocycles. The monoisotopic (exact) mass is 424 g/mol. The number of esters is 1. The lowest BCUT2D eigenvalue weighted by molar-refractivity contribution is -0.139. The highest BCUT2D eigenvalue weighted by atomic mass is 32.2. The van der Waals surface area contributed by atoms with Crippen LogP contribution in [0.2, 0.25) is 0 Å². The van der Waals surface area contributed by atoms with E-state index in [1.54, 1.807) is 11.8 Å². The van der Waals surface area contributed by atoms with Gasteiger partial charge < -0.3 is 9.64 Å². The van der Waals surface area contributed by atoms with Crippen molar-refractivity contribution in [2.75, 3.05) is 19.4 Å². The van der Waals surface area contributed by atoms with Crippen LogP contribution >= 0.6 is 35.7 Å². The fourth-order valence-corrected chi connectivity index (χ4v) is 5.28. The van der Waals surface area contributed by atoms with Crippen molar-refractivity contribution in [3.05, 3.63) is 29.8 Å². The third kappa shape index (κ3) is 5.96. The number of benzene rings is 1. The summed E-state index contributed by atoms with van der Waals surface area (Å²) in [4.78, 5) is 18.8. The second-order valence-corrected chi connectivity index (χ2v) is 10.6. The minimum atomic E-state index is -0.346. The second-order valence-electron chi connectivity index (χ2n) is 7.70. The van der Waals surface area contributed by atoms with Gasteiger partial charge in [-0.3, -0.25) is 4.79 Å². The Morgan fingerprint density at radius 1 is 1.33 bits per heavy atom. The van der Waals surface area contributed by atoms with Gasteiger partial charge in [0.25, 0.3) is 0 Å². The van der Waals surface area contributed by atoms with Gasteiger partial charge in [-0.05, 0) is 29.9 Å². The lowest BCUT2D eigenvalue weighted by Crippen LogP contribution is -2.46. The molecular formula is C20H28N2O2S3. The molecule has 0 aliphatic carbocycles. The van der Waals surface area contributed by atoms with Crippen LogP contribution in [0.1, 0.15) is 46.1 Å². The smallest absolute Gasteiger partial charge is 0.318 e. The number of methoxy groups -OCH3 is 1. The van der Waals surface area contributed by atoms with Gasteiger partial charge in [0.2, 0.25) is 0 Å². The minimum absolute atomic E-state index is 0.111. The summed E-state index contributed by atoms with van der Waals surface area (Å²) in [5, 5.41) is 0.554. The molecule has 0 aromatic heterocycles. The van der Waals surface area contributed by atoms with Crippen molar-refractivity contribution in [3.8, 4) is 0 Å². The zero-order valence-electron chi connectivity index (χ0n) is 16.8. The summed E-state index contributed by atoms with van der Waals surface area (Å²) in [5.41, 5.74) is 2.31. The number of aliphatic imine (C=N–C) groups is 1. The Bertz CT molecular complexity index is 732. The number of carbonyl (C=O) groups excluding carboxylic acids is 1. The van der Waals surface area contributed by atoms with Crippen LogP contribution in [-0.2, 0) is 9.53 Å². The standard InChI is InChI=1S/C20H28N2O2S3/c1-13(2)15-9-7-8-10-16(15)21-18-22(11-20(4,5)12-26-18)19(25)27-14(3)17(23)24-6/h7-10,13-14H,11-12H2,1-6H3. The first-order chi connectivity index (χ1) is 12.6. The van der Waals surface area contributed by atoms with Crippen molar-refractivity contribution in [2.24, 2.45) is 10.4 Å². The van der Waals surface area contributed by atoms with E-state index in [4.69, 9.17) is 21.9 Å². The largest absolute Gasteiger partial charge is 0.468 e. The van der Waals surface area contributed by atoms with E-state index in [1.165, 1.54) is 24.4 Å². The third-order valence-corrected chi connectivity index (χ3v) is 7.19. The molecule has 0 bridgehead atoms. The van der Waals surface area contributed by atoms with Gasteiger partial charge in [0.15, 0.2) is 5.17 Å². The summed E-state index contributed by atoms with van der Waals surface area (Å²) >= 11 is 8.76. The first-order valence-electron chi connectivity index (χ1n) is 9.01. The molecule has 1 aromatic rings.